The SMILES string of the molecule is COC(=O)CNC(=O)c1ccc(NC(=O)[C@@H](N)CCSC)cc1. The first-order chi connectivity index (χ1) is 11.0. The average molecular weight is 339 g/mol. The topological polar surface area (TPSA) is 111 Å². The Bertz CT molecular complexity index is 548. The number of amides is 2. The van der Waals surface area contributed by atoms with Crippen LogP contribution in [0.4, 0.5) is 5.69 Å². The van der Waals surface area contributed by atoms with Gasteiger partial charge in [0.2, 0.25) is 5.91 Å². The number of anilines is 1. The van der Waals surface area contributed by atoms with E-state index in [0.29, 0.717) is 17.7 Å². The Hall–Kier alpha value is -2.06. The van der Waals surface area contributed by atoms with Crippen LogP contribution < -0.4 is 16.4 Å². The lowest BCUT2D eigenvalue weighted by Crippen LogP contribution is -2.36. The van der Waals surface area contributed by atoms with E-state index in [9.17, 15) is 14.4 Å². The van der Waals surface area contributed by atoms with Gasteiger partial charge in [0.25, 0.3) is 5.91 Å². The van der Waals surface area contributed by atoms with Crippen molar-refractivity contribution in [3.63, 3.8) is 0 Å². The maximum absolute atomic E-state index is 11.9. The molecule has 0 aliphatic heterocycles. The van der Waals surface area contributed by atoms with Crippen LogP contribution in [-0.4, -0.2) is 49.5 Å². The van der Waals surface area contributed by atoms with Gasteiger partial charge < -0.3 is 21.1 Å². The van der Waals surface area contributed by atoms with E-state index in [0.717, 1.165) is 5.75 Å². The molecule has 126 valence electrons. The molecule has 1 aromatic rings. The normalized spacial score (nSPS) is 11.4. The number of carbonyl (C=O) groups is 3. The molecule has 0 aromatic heterocycles. The zero-order valence-electron chi connectivity index (χ0n) is 13.1. The Kier molecular flexibility index (Phi) is 8.14. The third-order valence-electron chi connectivity index (χ3n) is 3.01. The fourth-order valence-electron chi connectivity index (χ4n) is 1.64. The minimum atomic E-state index is -0.564. The summed E-state index contributed by atoms with van der Waals surface area (Å²) in [5.74, 6) is -0.373. The Labute approximate surface area is 139 Å². The molecule has 0 aliphatic carbocycles. The van der Waals surface area contributed by atoms with E-state index < -0.39 is 17.9 Å². The molecule has 8 heteroatoms. The average Bonchev–Trinajstić information content (AvgIpc) is 2.57. The summed E-state index contributed by atoms with van der Waals surface area (Å²) in [6, 6.07) is 5.74. The molecule has 0 heterocycles. The van der Waals surface area contributed by atoms with Crippen LogP contribution >= 0.6 is 11.8 Å². The molecule has 0 saturated carbocycles. The van der Waals surface area contributed by atoms with Gasteiger partial charge in [-0.15, -0.1) is 0 Å². The number of thioether (sulfide) groups is 1. The molecule has 23 heavy (non-hydrogen) atoms. The van der Waals surface area contributed by atoms with Crippen LogP contribution in [0, 0.1) is 0 Å². The van der Waals surface area contributed by atoms with Crippen molar-refractivity contribution in [1.82, 2.24) is 5.32 Å². The first-order valence-corrected chi connectivity index (χ1v) is 8.37. The lowest BCUT2D eigenvalue weighted by atomic mass is 10.1. The molecular weight excluding hydrogens is 318 g/mol. The predicted octanol–water partition coefficient (Wildman–Crippen LogP) is 0.608. The van der Waals surface area contributed by atoms with Crippen molar-refractivity contribution in [2.45, 2.75) is 12.5 Å². The lowest BCUT2D eigenvalue weighted by molar-refractivity contribution is -0.139. The second kappa shape index (κ2) is 9.86. The quantitative estimate of drug-likeness (QED) is 0.599. The molecule has 1 atom stereocenters. The number of esters is 1. The van der Waals surface area contributed by atoms with E-state index in [1.165, 1.54) is 7.11 Å². The Balaban J connectivity index is 2.54. The van der Waals surface area contributed by atoms with E-state index in [1.54, 1.807) is 36.0 Å². The molecular formula is C15H21N3O4S. The Morgan fingerprint density at radius 1 is 1.26 bits per heavy atom. The first-order valence-electron chi connectivity index (χ1n) is 6.98. The van der Waals surface area contributed by atoms with Crippen LogP contribution in [-0.2, 0) is 14.3 Å². The fourth-order valence-corrected chi connectivity index (χ4v) is 2.13. The van der Waals surface area contributed by atoms with Crippen molar-refractivity contribution in [2.75, 3.05) is 31.0 Å². The fraction of sp³-hybridized carbons (Fsp3) is 0.400. The van der Waals surface area contributed by atoms with Crippen molar-refractivity contribution >= 4 is 35.2 Å². The number of nitrogens with two attached hydrogens (primary N) is 1. The standard InChI is InChI=1S/C15H21N3O4S/c1-22-13(19)9-17-14(20)10-3-5-11(6-4-10)18-15(21)12(16)7-8-23-2/h3-6,12H,7-9,16H2,1-2H3,(H,17,20)(H,18,21)/t12-/m0/s1. The third-order valence-corrected chi connectivity index (χ3v) is 3.65. The van der Waals surface area contributed by atoms with Gasteiger partial charge in [-0.2, -0.15) is 11.8 Å². The van der Waals surface area contributed by atoms with Crippen molar-refractivity contribution in [3.05, 3.63) is 29.8 Å². The van der Waals surface area contributed by atoms with Crippen LogP contribution in [0.3, 0.4) is 0 Å². The highest BCUT2D eigenvalue weighted by atomic mass is 32.2. The van der Waals surface area contributed by atoms with Gasteiger partial charge in [-0.05, 0) is 42.7 Å². The molecule has 2 amide bonds. The third kappa shape index (κ3) is 6.70. The Morgan fingerprint density at radius 3 is 2.48 bits per heavy atom. The highest BCUT2D eigenvalue weighted by Gasteiger charge is 2.13. The summed E-state index contributed by atoms with van der Waals surface area (Å²) >= 11 is 1.63. The molecule has 0 radical (unpaired) electrons. The van der Waals surface area contributed by atoms with Crippen LogP contribution in [0.5, 0.6) is 0 Å². The van der Waals surface area contributed by atoms with Gasteiger partial charge >= 0.3 is 5.97 Å². The molecule has 0 unspecified atom stereocenters. The molecule has 0 bridgehead atoms. The highest BCUT2D eigenvalue weighted by molar-refractivity contribution is 7.98. The van der Waals surface area contributed by atoms with Gasteiger partial charge in [0.05, 0.1) is 13.2 Å². The molecule has 0 spiro atoms. The molecule has 0 fully saturated rings. The second-order valence-electron chi connectivity index (χ2n) is 4.71. The monoisotopic (exact) mass is 339 g/mol. The lowest BCUT2D eigenvalue weighted by Gasteiger charge is -2.12. The molecule has 1 rings (SSSR count). The number of carbonyl (C=O) groups excluding carboxylic acids is 3. The second-order valence-corrected chi connectivity index (χ2v) is 5.70. The number of ether oxygens (including phenoxy) is 1. The van der Waals surface area contributed by atoms with Gasteiger partial charge in [-0.1, -0.05) is 0 Å². The van der Waals surface area contributed by atoms with Gasteiger partial charge in [-0.25, -0.2) is 0 Å². The van der Waals surface area contributed by atoms with Crippen LogP contribution in [0.15, 0.2) is 24.3 Å². The summed E-state index contributed by atoms with van der Waals surface area (Å²) in [6.07, 6.45) is 2.55. The van der Waals surface area contributed by atoms with Crippen LogP contribution in [0.1, 0.15) is 16.8 Å². The maximum Gasteiger partial charge on any atom is 0.325 e. The molecule has 1 aromatic carbocycles. The zero-order valence-corrected chi connectivity index (χ0v) is 13.9. The molecule has 0 saturated heterocycles. The van der Waals surface area contributed by atoms with Gasteiger partial charge in [-0.3, -0.25) is 14.4 Å². The molecule has 0 aliphatic rings. The van der Waals surface area contributed by atoms with E-state index in [1.807, 2.05) is 6.26 Å². The van der Waals surface area contributed by atoms with E-state index in [4.69, 9.17) is 5.73 Å². The molecule has 4 N–H and O–H groups in total. The van der Waals surface area contributed by atoms with Crippen molar-refractivity contribution in [3.8, 4) is 0 Å². The van der Waals surface area contributed by atoms with Gasteiger partial charge in [0, 0.05) is 11.3 Å². The predicted molar refractivity (Wildman–Crippen MR) is 90.4 cm³/mol. The van der Waals surface area contributed by atoms with Crippen molar-refractivity contribution in [1.29, 1.82) is 0 Å². The van der Waals surface area contributed by atoms with E-state index in [-0.39, 0.29) is 12.5 Å². The summed E-state index contributed by atoms with van der Waals surface area (Å²) < 4.78 is 4.44. The number of hydrogen-bond acceptors (Lipinski definition) is 6. The van der Waals surface area contributed by atoms with Crippen molar-refractivity contribution < 1.29 is 19.1 Å². The van der Waals surface area contributed by atoms with E-state index >= 15 is 0 Å². The molecule has 7 nitrogen and oxygen atoms in total. The largest absolute Gasteiger partial charge is 0.468 e. The van der Waals surface area contributed by atoms with Crippen LogP contribution in [0.25, 0.3) is 0 Å². The maximum atomic E-state index is 11.9. The highest BCUT2D eigenvalue weighted by Crippen LogP contribution is 2.10. The summed E-state index contributed by atoms with van der Waals surface area (Å²) in [5, 5.41) is 5.13. The van der Waals surface area contributed by atoms with Crippen molar-refractivity contribution in [2.24, 2.45) is 5.73 Å². The minimum absolute atomic E-state index is 0.196. The smallest absolute Gasteiger partial charge is 0.325 e. The number of nitrogens with one attached hydrogen (secondary N) is 2. The summed E-state index contributed by atoms with van der Waals surface area (Å²) in [4.78, 5) is 34.6. The minimum Gasteiger partial charge on any atom is -0.468 e. The number of rotatable bonds is 8. The number of hydrogen-bond donors (Lipinski definition) is 3. The summed E-state index contributed by atoms with van der Waals surface area (Å²) in [6.45, 7) is -0.196. The Morgan fingerprint density at radius 2 is 1.91 bits per heavy atom. The first kappa shape index (κ1) is 19.0. The van der Waals surface area contributed by atoms with Gasteiger partial charge in [0.15, 0.2) is 0 Å². The van der Waals surface area contributed by atoms with Crippen LogP contribution in [0.2, 0.25) is 0 Å². The number of methoxy groups -OCH3 is 1. The zero-order chi connectivity index (χ0) is 17.2. The van der Waals surface area contributed by atoms with E-state index in [2.05, 4.69) is 15.4 Å². The number of benzene rings is 1. The van der Waals surface area contributed by atoms with Gasteiger partial charge in [0.1, 0.15) is 6.54 Å². The summed E-state index contributed by atoms with van der Waals surface area (Å²) in [5.41, 5.74) is 6.71. The summed E-state index contributed by atoms with van der Waals surface area (Å²) in [7, 11) is 1.25.